The molecule has 0 bridgehead atoms. The quantitative estimate of drug-likeness (QED) is 0.757. The Morgan fingerprint density at radius 3 is 2.86 bits per heavy atom. The first-order valence-corrected chi connectivity index (χ1v) is 8.81. The molecule has 1 saturated heterocycles. The van der Waals surface area contributed by atoms with Crippen molar-refractivity contribution in [2.75, 3.05) is 38.6 Å². The minimum absolute atomic E-state index is 0.649. The Morgan fingerprint density at radius 1 is 1.38 bits per heavy atom. The lowest BCUT2D eigenvalue weighted by Gasteiger charge is -2.29. The summed E-state index contributed by atoms with van der Waals surface area (Å²) < 4.78 is 1.22. The molecule has 0 radical (unpaired) electrons. The molecule has 1 aromatic carbocycles. The normalized spacial score (nSPS) is 18.7. The Kier molecular flexibility index (Phi) is 6.52. The van der Waals surface area contributed by atoms with Gasteiger partial charge < -0.3 is 15.1 Å². The van der Waals surface area contributed by atoms with Crippen molar-refractivity contribution >= 4 is 21.6 Å². The summed E-state index contributed by atoms with van der Waals surface area (Å²) in [7, 11) is 4.32. The van der Waals surface area contributed by atoms with Gasteiger partial charge in [-0.25, -0.2) is 0 Å². The van der Waals surface area contributed by atoms with Crippen molar-refractivity contribution in [2.45, 2.75) is 38.8 Å². The molecule has 0 aliphatic carbocycles. The highest BCUT2D eigenvalue weighted by Crippen LogP contribution is 2.30. The molecule has 1 atom stereocenters. The molecule has 118 valence electrons. The third-order valence-corrected chi connectivity index (χ3v) is 4.80. The predicted octanol–water partition coefficient (Wildman–Crippen LogP) is 3.48. The number of rotatable bonds is 7. The topological polar surface area (TPSA) is 18.5 Å². The molecule has 4 heteroatoms. The van der Waals surface area contributed by atoms with E-state index in [-0.39, 0.29) is 0 Å². The summed E-state index contributed by atoms with van der Waals surface area (Å²) >= 11 is 3.74. The molecule has 1 N–H and O–H groups in total. The number of halogens is 1. The van der Waals surface area contributed by atoms with Crippen LogP contribution in [0.25, 0.3) is 0 Å². The van der Waals surface area contributed by atoms with Crippen LogP contribution >= 0.6 is 15.9 Å². The van der Waals surface area contributed by atoms with E-state index in [9.17, 15) is 0 Å². The van der Waals surface area contributed by atoms with Crippen molar-refractivity contribution in [2.24, 2.45) is 0 Å². The van der Waals surface area contributed by atoms with Gasteiger partial charge in [0.15, 0.2) is 0 Å². The second-order valence-corrected chi connectivity index (χ2v) is 7.06. The van der Waals surface area contributed by atoms with Gasteiger partial charge >= 0.3 is 0 Å². The predicted molar refractivity (Wildman–Crippen MR) is 95.1 cm³/mol. The first kappa shape index (κ1) is 16.8. The molecule has 1 aromatic rings. The minimum atomic E-state index is 0.649. The number of nitrogens with zero attached hydrogens (tertiary/aromatic N) is 2. The van der Waals surface area contributed by atoms with E-state index in [2.05, 4.69) is 70.3 Å². The fourth-order valence-electron chi connectivity index (χ4n) is 3.05. The van der Waals surface area contributed by atoms with Gasteiger partial charge in [-0.05, 0) is 57.6 Å². The molecule has 2 rings (SSSR count). The largest absolute Gasteiger partial charge is 0.367 e. The van der Waals surface area contributed by atoms with Crippen LogP contribution in [-0.4, -0.2) is 44.7 Å². The van der Waals surface area contributed by atoms with Crippen LogP contribution in [0, 0.1) is 0 Å². The highest BCUT2D eigenvalue weighted by molar-refractivity contribution is 9.10. The molecule has 1 heterocycles. The van der Waals surface area contributed by atoms with Crippen LogP contribution in [0.15, 0.2) is 22.7 Å². The summed E-state index contributed by atoms with van der Waals surface area (Å²) in [5.41, 5.74) is 2.70. The summed E-state index contributed by atoms with van der Waals surface area (Å²) in [6.07, 6.45) is 3.78. The summed E-state index contributed by atoms with van der Waals surface area (Å²) in [6.45, 7) is 6.53. The lowest BCUT2D eigenvalue weighted by molar-refractivity contribution is 0.372. The zero-order valence-corrected chi connectivity index (χ0v) is 15.1. The van der Waals surface area contributed by atoms with Crippen LogP contribution in [-0.2, 0) is 6.54 Å². The van der Waals surface area contributed by atoms with E-state index in [0.29, 0.717) is 6.04 Å². The highest BCUT2D eigenvalue weighted by atomic mass is 79.9. The van der Waals surface area contributed by atoms with Gasteiger partial charge in [-0.1, -0.05) is 28.9 Å². The summed E-state index contributed by atoms with van der Waals surface area (Å²) in [4.78, 5) is 4.86. The van der Waals surface area contributed by atoms with E-state index < -0.39 is 0 Å². The maximum atomic E-state index is 3.74. The molecule has 0 saturated carbocycles. The molecule has 1 unspecified atom stereocenters. The first-order valence-electron chi connectivity index (χ1n) is 8.02. The van der Waals surface area contributed by atoms with Crippen LogP contribution in [0.3, 0.4) is 0 Å². The molecule has 0 amide bonds. The zero-order chi connectivity index (χ0) is 15.2. The van der Waals surface area contributed by atoms with Gasteiger partial charge in [-0.15, -0.1) is 0 Å². The van der Waals surface area contributed by atoms with Gasteiger partial charge in [-0.2, -0.15) is 0 Å². The monoisotopic (exact) mass is 353 g/mol. The molecule has 21 heavy (non-hydrogen) atoms. The van der Waals surface area contributed by atoms with E-state index in [1.54, 1.807) is 0 Å². The third-order valence-electron chi connectivity index (χ3n) is 4.06. The number of hydrogen-bond donors (Lipinski definition) is 1. The first-order chi connectivity index (χ1) is 10.1. The Bertz CT molecular complexity index is 448. The minimum Gasteiger partial charge on any atom is -0.367 e. The Morgan fingerprint density at radius 2 is 2.19 bits per heavy atom. The molecule has 1 aliphatic rings. The number of nitrogens with one attached hydrogen (secondary N) is 1. The maximum Gasteiger partial charge on any atom is 0.0417 e. The van der Waals surface area contributed by atoms with Crippen molar-refractivity contribution in [3.63, 3.8) is 0 Å². The van der Waals surface area contributed by atoms with Crippen LogP contribution in [0.5, 0.6) is 0 Å². The molecule has 3 nitrogen and oxygen atoms in total. The molecule has 0 aromatic heterocycles. The standard InChI is InChI=1S/C17H28BrN3/c1-4-9-19-12-14-7-8-15(11-17(14)18)21-10-5-6-16(21)13-20(2)3/h7-8,11,16,19H,4-6,9-10,12-13H2,1-3H3. The van der Waals surface area contributed by atoms with Gasteiger partial charge in [0.25, 0.3) is 0 Å². The van der Waals surface area contributed by atoms with Gasteiger partial charge in [0, 0.05) is 35.8 Å². The Balaban J connectivity index is 2.04. The average Bonchev–Trinajstić information content (AvgIpc) is 2.88. The van der Waals surface area contributed by atoms with E-state index >= 15 is 0 Å². The fraction of sp³-hybridized carbons (Fsp3) is 0.647. The van der Waals surface area contributed by atoms with E-state index in [1.807, 2.05) is 0 Å². The van der Waals surface area contributed by atoms with Gasteiger partial charge in [-0.3, -0.25) is 0 Å². The second kappa shape index (κ2) is 8.16. The lowest BCUT2D eigenvalue weighted by atomic mass is 10.1. The maximum absolute atomic E-state index is 3.74. The zero-order valence-electron chi connectivity index (χ0n) is 13.5. The third kappa shape index (κ3) is 4.70. The Hall–Kier alpha value is -0.580. The van der Waals surface area contributed by atoms with E-state index in [0.717, 1.165) is 19.6 Å². The summed E-state index contributed by atoms with van der Waals surface area (Å²) in [5.74, 6) is 0. The number of benzene rings is 1. The van der Waals surface area contributed by atoms with Crippen molar-refractivity contribution < 1.29 is 0 Å². The summed E-state index contributed by atoms with van der Waals surface area (Å²) in [6, 6.07) is 7.47. The van der Waals surface area contributed by atoms with Crippen molar-refractivity contribution in [1.82, 2.24) is 10.2 Å². The van der Waals surface area contributed by atoms with E-state index in [1.165, 1.54) is 41.5 Å². The van der Waals surface area contributed by atoms with Crippen LogP contribution in [0.4, 0.5) is 5.69 Å². The van der Waals surface area contributed by atoms with Crippen molar-refractivity contribution in [1.29, 1.82) is 0 Å². The Labute approximate surface area is 137 Å². The van der Waals surface area contributed by atoms with Crippen LogP contribution in [0.1, 0.15) is 31.7 Å². The SMILES string of the molecule is CCCNCc1ccc(N2CCCC2CN(C)C)cc1Br. The van der Waals surface area contributed by atoms with Gasteiger partial charge in [0.1, 0.15) is 0 Å². The molecular weight excluding hydrogens is 326 g/mol. The lowest BCUT2D eigenvalue weighted by Crippen LogP contribution is -2.37. The number of anilines is 1. The molecule has 1 fully saturated rings. The van der Waals surface area contributed by atoms with Crippen LogP contribution in [0.2, 0.25) is 0 Å². The number of likely N-dealkylation sites (N-methyl/N-ethyl adjacent to an activating group) is 1. The average molecular weight is 354 g/mol. The van der Waals surface area contributed by atoms with Gasteiger partial charge in [0.2, 0.25) is 0 Å². The van der Waals surface area contributed by atoms with E-state index in [4.69, 9.17) is 0 Å². The summed E-state index contributed by atoms with van der Waals surface area (Å²) in [5, 5.41) is 3.47. The van der Waals surface area contributed by atoms with Crippen molar-refractivity contribution in [3.8, 4) is 0 Å². The smallest absolute Gasteiger partial charge is 0.0417 e. The molecule has 1 aliphatic heterocycles. The fourth-order valence-corrected chi connectivity index (χ4v) is 3.55. The van der Waals surface area contributed by atoms with Crippen LogP contribution < -0.4 is 10.2 Å². The molecule has 0 spiro atoms. The number of hydrogen-bond acceptors (Lipinski definition) is 3. The van der Waals surface area contributed by atoms with Crippen molar-refractivity contribution in [3.05, 3.63) is 28.2 Å². The second-order valence-electron chi connectivity index (χ2n) is 6.20. The van der Waals surface area contributed by atoms with Gasteiger partial charge in [0.05, 0.1) is 0 Å². The highest BCUT2D eigenvalue weighted by Gasteiger charge is 2.25. The molecular formula is C17H28BrN3.